The highest BCUT2D eigenvalue weighted by molar-refractivity contribution is 5.72. The Hall–Kier alpha value is -0.570. The molecule has 2 unspecified atom stereocenters. The fourth-order valence-corrected chi connectivity index (χ4v) is 2.93. The lowest BCUT2D eigenvalue weighted by atomic mass is 9.78. The van der Waals surface area contributed by atoms with Crippen LogP contribution in [0.2, 0.25) is 0 Å². The van der Waals surface area contributed by atoms with Crippen molar-refractivity contribution in [3.8, 4) is 0 Å². The molecule has 0 aliphatic heterocycles. The summed E-state index contributed by atoms with van der Waals surface area (Å²) in [6, 6.07) is 0.734. The summed E-state index contributed by atoms with van der Waals surface area (Å²) >= 11 is 0. The predicted octanol–water partition coefficient (Wildman–Crippen LogP) is 2.02. The van der Waals surface area contributed by atoms with Crippen LogP contribution in [0.4, 0.5) is 0 Å². The third kappa shape index (κ3) is 2.33. The van der Waals surface area contributed by atoms with Gasteiger partial charge in [-0.15, -0.1) is 0 Å². The van der Waals surface area contributed by atoms with Crippen LogP contribution in [-0.2, 0) is 4.79 Å². The molecule has 0 bridgehead atoms. The first-order chi connectivity index (χ1) is 7.18. The average Bonchev–Trinajstić information content (AvgIpc) is 2.63. The monoisotopic (exact) mass is 211 g/mol. The molecule has 3 atom stereocenters. The van der Waals surface area contributed by atoms with E-state index < -0.39 is 5.97 Å². The van der Waals surface area contributed by atoms with Crippen molar-refractivity contribution in [3.05, 3.63) is 0 Å². The standard InChI is InChI=1S/C12H21NO2/c1-8(9-4-2-3-5-9)13-11-7-6-10(11)12(14)15/h8-11,13H,2-7H2,1H3,(H,14,15)/t8-,10?,11?/m1/s1. The van der Waals surface area contributed by atoms with E-state index in [1.807, 2.05) is 0 Å². The molecular weight excluding hydrogens is 190 g/mol. The van der Waals surface area contributed by atoms with E-state index in [1.54, 1.807) is 0 Å². The van der Waals surface area contributed by atoms with E-state index in [2.05, 4.69) is 12.2 Å². The van der Waals surface area contributed by atoms with Crippen molar-refractivity contribution >= 4 is 5.97 Å². The molecule has 0 aromatic carbocycles. The number of carboxylic acid groups (broad SMARTS) is 1. The summed E-state index contributed by atoms with van der Waals surface area (Å²) < 4.78 is 0. The largest absolute Gasteiger partial charge is 0.481 e. The van der Waals surface area contributed by atoms with E-state index in [4.69, 9.17) is 5.11 Å². The molecule has 0 aromatic rings. The van der Waals surface area contributed by atoms with Crippen LogP contribution in [0.15, 0.2) is 0 Å². The molecule has 0 radical (unpaired) electrons. The van der Waals surface area contributed by atoms with Gasteiger partial charge in [0.25, 0.3) is 0 Å². The van der Waals surface area contributed by atoms with Crippen LogP contribution in [-0.4, -0.2) is 23.2 Å². The summed E-state index contributed by atoms with van der Waals surface area (Å²) in [7, 11) is 0. The summed E-state index contributed by atoms with van der Waals surface area (Å²) in [5.74, 6) is 0.0197. The summed E-state index contributed by atoms with van der Waals surface area (Å²) in [5.41, 5.74) is 0. The summed E-state index contributed by atoms with van der Waals surface area (Å²) in [6.45, 7) is 2.22. The Morgan fingerprint density at radius 2 is 1.93 bits per heavy atom. The van der Waals surface area contributed by atoms with E-state index >= 15 is 0 Å². The second-order valence-corrected chi connectivity index (χ2v) is 5.13. The number of rotatable bonds is 4. The van der Waals surface area contributed by atoms with Gasteiger partial charge in [-0.25, -0.2) is 0 Å². The predicted molar refractivity (Wildman–Crippen MR) is 58.7 cm³/mol. The highest BCUT2D eigenvalue weighted by atomic mass is 16.4. The lowest BCUT2D eigenvalue weighted by molar-refractivity contribution is -0.146. The summed E-state index contributed by atoms with van der Waals surface area (Å²) in [6.07, 6.45) is 7.23. The minimum atomic E-state index is -0.627. The molecular formula is C12H21NO2. The van der Waals surface area contributed by atoms with Crippen molar-refractivity contribution in [3.63, 3.8) is 0 Å². The molecule has 2 saturated carbocycles. The molecule has 0 aromatic heterocycles. The molecule has 86 valence electrons. The Bertz CT molecular complexity index is 236. The quantitative estimate of drug-likeness (QED) is 0.748. The van der Waals surface area contributed by atoms with Crippen LogP contribution < -0.4 is 5.32 Å². The van der Waals surface area contributed by atoms with Gasteiger partial charge in [-0.3, -0.25) is 4.79 Å². The minimum absolute atomic E-state index is 0.131. The third-order valence-electron chi connectivity index (χ3n) is 4.18. The summed E-state index contributed by atoms with van der Waals surface area (Å²) in [4.78, 5) is 10.9. The van der Waals surface area contributed by atoms with Gasteiger partial charge in [0, 0.05) is 12.1 Å². The molecule has 3 heteroatoms. The Morgan fingerprint density at radius 3 is 2.40 bits per heavy atom. The number of nitrogens with one attached hydrogen (secondary N) is 1. The van der Waals surface area contributed by atoms with Crippen LogP contribution in [0.1, 0.15) is 45.4 Å². The maximum atomic E-state index is 10.9. The van der Waals surface area contributed by atoms with E-state index in [1.165, 1.54) is 25.7 Å². The van der Waals surface area contributed by atoms with Gasteiger partial charge in [-0.05, 0) is 38.5 Å². The first-order valence-corrected chi connectivity index (χ1v) is 6.17. The number of hydrogen-bond acceptors (Lipinski definition) is 2. The summed E-state index contributed by atoms with van der Waals surface area (Å²) in [5, 5.41) is 12.5. The molecule has 2 aliphatic carbocycles. The molecule has 2 aliphatic rings. The van der Waals surface area contributed by atoms with Crippen molar-refractivity contribution in [1.29, 1.82) is 0 Å². The number of carboxylic acids is 1. The zero-order valence-electron chi connectivity index (χ0n) is 9.41. The Morgan fingerprint density at radius 1 is 1.27 bits per heavy atom. The van der Waals surface area contributed by atoms with Crippen LogP contribution in [0.25, 0.3) is 0 Å². The van der Waals surface area contributed by atoms with Gasteiger partial charge in [-0.1, -0.05) is 12.8 Å². The van der Waals surface area contributed by atoms with Crippen LogP contribution in [0.3, 0.4) is 0 Å². The average molecular weight is 211 g/mol. The SMILES string of the molecule is C[C@@H](NC1CCC1C(=O)O)C1CCCC1. The number of hydrogen-bond donors (Lipinski definition) is 2. The van der Waals surface area contributed by atoms with Gasteiger partial charge in [0.15, 0.2) is 0 Å². The fourth-order valence-electron chi connectivity index (χ4n) is 2.93. The Labute approximate surface area is 91.2 Å². The van der Waals surface area contributed by atoms with Gasteiger partial charge < -0.3 is 10.4 Å². The van der Waals surface area contributed by atoms with Crippen molar-refractivity contribution in [1.82, 2.24) is 5.32 Å². The lowest BCUT2D eigenvalue weighted by Crippen LogP contribution is -2.52. The topological polar surface area (TPSA) is 49.3 Å². The normalized spacial score (nSPS) is 33.7. The molecule has 0 amide bonds. The van der Waals surface area contributed by atoms with E-state index in [0.29, 0.717) is 6.04 Å². The second-order valence-electron chi connectivity index (χ2n) is 5.13. The molecule has 2 rings (SSSR count). The Balaban J connectivity index is 1.78. The first-order valence-electron chi connectivity index (χ1n) is 6.17. The fraction of sp³-hybridized carbons (Fsp3) is 0.917. The van der Waals surface area contributed by atoms with E-state index in [9.17, 15) is 4.79 Å². The van der Waals surface area contributed by atoms with E-state index in [0.717, 1.165) is 18.8 Å². The van der Waals surface area contributed by atoms with Gasteiger partial charge in [0.2, 0.25) is 0 Å². The zero-order chi connectivity index (χ0) is 10.8. The number of aliphatic carboxylic acids is 1. The van der Waals surface area contributed by atoms with Crippen LogP contribution in [0.5, 0.6) is 0 Å². The molecule has 0 heterocycles. The lowest BCUT2D eigenvalue weighted by Gasteiger charge is -2.37. The minimum Gasteiger partial charge on any atom is -0.481 e. The zero-order valence-corrected chi connectivity index (χ0v) is 9.41. The van der Waals surface area contributed by atoms with Crippen molar-refractivity contribution in [2.45, 2.75) is 57.5 Å². The van der Waals surface area contributed by atoms with Gasteiger partial charge in [0.05, 0.1) is 5.92 Å². The Kier molecular flexibility index (Phi) is 3.29. The third-order valence-corrected chi connectivity index (χ3v) is 4.18. The smallest absolute Gasteiger partial charge is 0.308 e. The molecule has 3 nitrogen and oxygen atoms in total. The van der Waals surface area contributed by atoms with Crippen molar-refractivity contribution < 1.29 is 9.90 Å². The second kappa shape index (κ2) is 4.52. The van der Waals surface area contributed by atoms with Crippen molar-refractivity contribution in [2.75, 3.05) is 0 Å². The van der Waals surface area contributed by atoms with Crippen LogP contribution >= 0.6 is 0 Å². The van der Waals surface area contributed by atoms with Gasteiger partial charge in [-0.2, -0.15) is 0 Å². The molecule has 0 spiro atoms. The van der Waals surface area contributed by atoms with Crippen LogP contribution in [0, 0.1) is 11.8 Å². The molecule has 2 fully saturated rings. The molecule has 2 N–H and O–H groups in total. The molecule has 15 heavy (non-hydrogen) atoms. The highest BCUT2D eigenvalue weighted by Gasteiger charge is 2.38. The van der Waals surface area contributed by atoms with Gasteiger partial charge in [0.1, 0.15) is 0 Å². The first kappa shape index (κ1) is 10.9. The van der Waals surface area contributed by atoms with Crippen molar-refractivity contribution in [2.24, 2.45) is 11.8 Å². The maximum Gasteiger partial charge on any atom is 0.308 e. The molecule has 0 saturated heterocycles. The van der Waals surface area contributed by atoms with E-state index in [-0.39, 0.29) is 12.0 Å². The highest BCUT2D eigenvalue weighted by Crippen LogP contribution is 2.32. The van der Waals surface area contributed by atoms with Gasteiger partial charge >= 0.3 is 5.97 Å². The maximum absolute atomic E-state index is 10.9. The number of carbonyl (C=O) groups is 1.